The Morgan fingerprint density at radius 1 is 0.875 bits per heavy atom. The van der Waals surface area contributed by atoms with Crippen LogP contribution in [0.1, 0.15) is 12.8 Å². The fourth-order valence-electron chi connectivity index (χ4n) is 2.40. The van der Waals surface area contributed by atoms with Gasteiger partial charge in [0.2, 0.25) is 0 Å². The van der Waals surface area contributed by atoms with Gasteiger partial charge in [-0.2, -0.15) is 0 Å². The lowest BCUT2D eigenvalue weighted by molar-refractivity contribution is 0.481. The Hall–Kier alpha value is -1.15. The van der Waals surface area contributed by atoms with Crippen LogP contribution >= 0.6 is 0 Å². The molecule has 0 radical (unpaired) electrons. The van der Waals surface area contributed by atoms with Gasteiger partial charge < -0.3 is 5.11 Å². The van der Waals surface area contributed by atoms with Crippen LogP contribution < -0.4 is 0 Å². The maximum absolute atomic E-state index is 7.93. The summed E-state index contributed by atoms with van der Waals surface area (Å²) < 4.78 is 0. The molecule has 16 heavy (non-hydrogen) atoms. The summed E-state index contributed by atoms with van der Waals surface area (Å²) in [5.41, 5.74) is 0. The van der Waals surface area contributed by atoms with Gasteiger partial charge >= 0.3 is 0 Å². The summed E-state index contributed by atoms with van der Waals surface area (Å²) >= 11 is 0. The van der Waals surface area contributed by atoms with E-state index in [1.807, 2.05) is 12.1 Å². The van der Waals surface area contributed by atoms with Crippen LogP contribution in [-0.2, 0) is 10.9 Å². The third-order valence-corrected chi connectivity index (χ3v) is 5.77. The van der Waals surface area contributed by atoms with Gasteiger partial charge in [-0.05, 0) is 25.0 Å². The van der Waals surface area contributed by atoms with Crippen molar-refractivity contribution < 1.29 is 5.11 Å². The molecule has 0 aromatic heterocycles. The number of rotatable bonds is 1. The van der Waals surface area contributed by atoms with Crippen molar-refractivity contribution >= 4 is 21.7 Å². The zero-order valence-electron chi connectivity index (χ0n) is 9.20. The fourth-order valence-corrected chi connectivity index (χ4v) is 4.90. The van der Waals surface area contributed by atoms with Gasteiger partial charge in [0.25, 0.3) is 5.75 Å². The molecule has 3 rings (SSSR count). The molecule has 1 aliphatic rings. The molecule has 1 aliphatic heterocycles. The van der Waals surface area contributed by atoms with E-state index in [0.717, 1.165) is 5.39 Å². The summed E-state index contributed by atoms with van der Waals surface area (Å²) in [4.78, 5) is 1.49. The van der Waals surface area contributed by atoms with Crippen LogP contribution in [0.3, 0.4) is 0 Å². The molecule has 0 unspecified atom stereocenters. The molecular formula is C14H16OS+2. The van der Waals surface area contributed by atoms with E-state index in [0.29, 0.717) is 16.6 Å². The molecule has 0 saturated carbocycles. The van der Waals surface area contributed by atoms with Gasteiger partial charge in [0.05, 0.1) is 5.39 Å². The summed E-state index contributed by atoms with van der Waals surface area (Å²) in [6.45, 7) is 0. The Labute approximate surface area is 98.5 Å². The molecule has 0 atom stereocenters. The molecule has 0 bridgehead atoms. The smallest absolute Gasteiger partial charge is 0.262 e. The van der Waals surface area contributed by atoms with Crippen LogP contribution in [0, 0.1) is 0 Å². The summed E-state index contributed by atoms with van der Waals surface area (Å²) in [6, 6.07) is 12.5. The summed E-state index contributed by atoms with van der Waals surface area (Å²) in [5, 5.41) is 10.4. The van der Waals surface area contributed by atoms with Gasteiger partial charge in [-0.25, -0.2) is 0 Å². The summed E-state index contributed by atoms with van der Waals surface area (Å²) in [7, 11) is 0.443. The Balaban J connectivity index is 2.21. The standard InChI is InChI=1S/C14H14OS/c15-13-7-8-14(16-9-3-4-10-16)12-6-2-1-5-11(12)13/h1-2,5-8H,3-4,9-10H2/p+2. The maximum Gasteiger partial charge on any atom is 0.262 e. The van der Waals surface area contributed by atoms with E-state index in [-0.39, 0.29) is 0 Å². The number of hydrogen-bond acceptors (Lipinski definition) is 0. The van der Waals surface area contributed by atoms with Crippen molar-refractivity contribution in [2.24, 2.45) is 0 Å². The molecule has 2 heteroatoms. The van der Waals surface area contributed by atoms with Crippen LogP contribution in [-0.4, -0.2) is 16.6 Å². The molecule has 0 aliphatic carbocycles. The van der Waals surface area contributed by atoms with Crippen LogP contribution in [0.4, 0.5) is 0 Å². The van der Waals surface area contributed by atoms with Gasteiger partial charge in [0, 0.05) is 28.4 Å². The zero-order valence-corrected chi connectivity index (χ0v) is 10.0. The second-order valence-corrected chi connectivity index (χ2v) is 6.51. The van der Waals surface area contributed by atoms with E-state index in [9.17, 15) is 0 Å². The molecule has 1 saturated heterocycles. The maximum atomic E-state index is 7.93. The highest BCUT2D eigenvalue weighted by Gasteiger charge is 2.29. The number of hydrogen-bond donors (Lipinski definition) is 0. The van der Waals surface area contributed by atoms with E-state index >= 15 is 0 Å². The van der Waals surface area contributed by atoms with E-state index in [2.05, 4.69) is 24.3 Å². The highest BCUT2D eigenvalue weighted by Crippen LogP contribution is 2.33. The number of fused-ring (bicyclic) bond motifs is 1. The molecule has 2 aromatic rings. The van der Waals surface area contributed by atoms with Crippen LogP contribution in [0.5, 0.6) is 5.75 Å². The van der Waals surface area contributed by atoms with Gasteiger partial charge in [-0.1, -0.05) is 12.1 Å². The number of benzene rings is 2. The van der Waals surface area contributed by atoms with Crippen molar-refractivity contribution in [1.29, 1.82) is 0 Å². The highest BCUT2D eigenvalue weighted by molar-refractivity contribution is 7.97. The van der Waals surface area contributed by atoms with Crippen LogP contribution in [0.2, 0.25) is 0 Å². The van der Waals surface area contributed by atoms with Crippen molar-refractivity contribution in [3.63, 3.8) is 0 Å². The van der Waals surface area contributed by atoms with Gasteiger partial charge in [-0.3, -0.25) is 0 Å². The molecular weight excluding hydrogens is 216 g/mol. The predicted molar refractivity (Wildman–Crippen MR) is 71.6 cm³/mol. The third kappa shape index (κ3) is 1.57. The van der Waals surface area contributed by atoms with Gasteiger partial charge in [0.1, 0.15) is 11.5 Å². The zero-order chi connectivity index (χ0) is 11.0. The van der Waals surface area contributed by atoms with Crippen molar-refractivity contribution in [1.82, 2.24) is 0 Å². The summed E-state index contributed by atoms with van der Waals surface area (Å²) in [6.07, 6.45) is 2.75. The minimum absolute atomic E-state index is 0.443. The first-order valence-corrected chi connectivity index (χ1v) is 7.33. The van der Waals surface area contributed by atoms with Gasteiger partial charge in [-0.15, -0.1) is 0 Å². The first kappa shape index (κ1) is 10.0. The Bertz CT molecular complexity index is 515. The molecule has 82 valence electrons. The largest absolute Gasteiger partial charge is 0.593 e. The molecule has 2 aromatic carbocycles. The van der Waals surface area contributed by atoms with E-state index in [1.165, 1.54) is 34.6 Å². The average molecular weight is 232 g/mol. The minimum Gasteiger partial charge on any atom is -0.593 e. The Morgan fingerprint density at radius 3 is 2.31 bits per heavy atom. The lowest BCUT2D eigenvalue weighted by Crippen LogP contribution is -2.04. The SMILES string of the molecule is [OH2+]c1ccc([S+]2CCCC2)c2ccccc12. The normalized spacial score (nSPS) is 17.0. The second-order valence-electron chi connectivity index (χ2n) is 4.26. The molecule has 0 amide bonds. The highest BCUT2D eigenvalue weighted by atomic mass is 32.2. The monoisotopic (exact) mass is 232 g/mol. The molecule has 1 fully saturated rings. The molecule has 0 spiro atoms. The quantitative estimate of drug-likeness (QED) is 0.675. The first-order valence-electron chi connectivity index (χ1n) is 5.77. The molecule has 1 nitrogen and oxygen atoms in total. The lowest BCUT2D eigenvalue weighted by Gasteiger charge is -2.04. The van der Waals surface area contributed by atoms with Gasteiger partial charge in [0.15, 0.2) is 4.90 Å². The topological polar surface area (TPSA) is 22.9 Å². The minimum atomic E-state index is 0.443. The third-order valence-electron chi connectivity index (χ3n) is 3.23. The van der Waals surface area contributed by atoms with E-state index in [1.54, 1.807) is 0 Å². The summed E-state index contributed by atoms with van der Waals surface area (Å²) in [5.74, 6) is 3.35. The van der Waals surface area contributed by atoms with Crippen molar-refractivity contribution in [2.75, 3.05) is 11.5 Å². The van der Waals surface area contributed by atoms with Crippen molar-refractivity contribution in [3.8, 4) is 5.75 Å². The van der Waals surface area contributed by atoms with E-state index < -0.39 is 0 Å². The fraction of sp³-hybridized carbons (Fsp3) is 0.286. The van der Waals surface area contributed by atoms with Crippen molar-refractivity contribution in [2.45, 2.75) is 17.7 Å². The van der Waals surface area contributed by atoms with Crippen LogP contribution in [0.25, 0.3) is 10.8 Å². The van der Waals surface area contributed by atoms with Crippen molar-refractivity contribution in [3.05, 3.63) is 36.4 Å². The first-order chi connectivity index (χ1) is 7.86. The Morgan fingerprint density at radius 2 is 1.56 bits per heavy atom. The Kier molecular flexibility index (Phi) is 2.52. The van der Waals surface area contributed by atoms with E-state index in [4.69, 9.17) is 5.11 Å². The predicted octanol–water partition coefficient (Wildman–Crippen LogP) is 3.05. The van der Waals surface area contributed by atoms with Crippen LogP contribution in [0.15, 0.2) is 41.3 Å². The lowest BCUT2D eigenvalue weighted by atomic mass is 10.1. The average Bonchev–Trinajstić information content (AvgIpc) is 2.83. The second kappa shape index (κ2) is 4.02. The molecule has 1 heterocycles. The molecule has 2 N–H and O–H groups in total.